The van der Waals surface area contributed by atoms with Crippen LogP contribution >= 0.6 is 24.1 Å². The van der Waals surface area contributed by atoms with Gasteiger partial charge in [0, 0.05) is 18.2 Å². The second-order valence-electron chi connectivity index (χ2n) is 1.36. The maximum Gasteiger partial charge on any atom is 0.216 e. The molecule has 0 amide bonds. The Morgan fingerprint density at radius 1 is 1.30 bits per heavy atom. The molecular weight excluding hydrogens is 172 g/mol. The zero-order chi connectivity index (χ0) is 7.40. The van der Waals surface area contributed by atoms with Crippen LogP contribution in [0, 0.1) is 0 Å². The third-order valence-electron chi connectivity index (χ3n) is 0.783. The first-order valence-corrected chi connectivity index (χ1v) is 3.87. The highest BCUT2D eigenvalue weighted by Gasteiger charge is 1.96. The Morgan fingerprint density at radius 3 is 2.70 bits per heavy atom. The van der Waals surface area contributed by atoms with Gasteiger partial charge in [-0.05, 0) is 6.07 Å². The fourth-order valence-corrected chi connectivity index (χ4v) is 0.974. The monoisotopic (exact) mass is 176 g/mol. The van der Waals surface area contributed by atoms with Crippen LogP contribution < -0.4 is 0 Å². The zero-order valence-corrected chi connectivity index (χ0v) is 6.39. The van der Waals surface area contributed by atoms with E-state index in [1.807, 2.05) is 0 Å². The molecule has 0 unspecified atom stereocenters. The van der Waals surface area contributed by atoms with Crippen LogP contribution in [0.5, 0.6) is 0 Å². The highest BCUT2D eigenvalue weighted by atomic mass is 32.2. The van der Waals surface area contributed by atoms with E-state index >= 15 is 0 Å². The minimum atomic E-state index is 0.235. The third-order valence-corrected chi connectivity index (χ3v) is 1.56. The van der Waals surface area contributed by atoms with Crippen molar-refractivity contribution in [1.82, 2.24) is 9.97 Å². The molecule has 0 bridgehead atoms. The SMILES string of the molecule is OSc1ccnc(SO)n1. The average molecular weight is 176 g/mol. The number of hydrogen-bond donors (Lipinski definition) is 2. The summed E-state index contributed by atoms with van der Waals surface area (Å²) >= 11 is 0.974. The molecule has 1 aromatic heterocycles. The number of hydrogen-bond acceptors (Lipinski definition) is 6. The van der Waals surface area contributed by atoms with E-state index in [4.69, 9.17) is 9.11 Å². The molecule has 6 heteroatoms. The van der Waals surface area contributed by atoms with Gasteiger partial charge >= 0.3 is 0 Å². The smallest absolute Gasteiger partial charge is 0.216 e. The first-order chi connectivity index (χ1) is 4.86. The fourth-order valence-electron chi connectivity index (χ4n) is 0.420. The first kappa shape index (κ1) is 7.80. The van der Waals surface area contributed by atoms with Gasteiger partial charge in [0.25, 0.3) is 0 Å². The van der Waals surface area contributed by atoms with Crippen LogP contribution in [0.15, 0.2) is 22.4 Å². The van der Waals surface area contributed by atoms with Crippen molar-refractivity contribution >= 4 is 24.1 Å². The summed E-state index contributed by atoms with van der Waals surface area (Å²) in [7, 11) is 0. The largest absolute Gasteiger partial charge is 0.324 e. The average Bonchev–Trinajstić information content (AvgIpc) is 2.05. The summed E-state index contributed by atoms with van der Waals surface area (Å²) in [5.41, 5.74) is 0. The lowest BCUT2D eigenvalue weighted by atomic mass is 10.7. The molecule has 0 aliphatic carbocycles. The van der Waals surface area contributed by atoms with Crippen molar-refractivity contribution in [2.75, 3.05) is 0 Å². The molecule has 1 heterocycles. The molecule has 4 nitrogen and oxygen atoms in total. The Labute approximate surface area is 66.1 Å². The maximum atomic E-state index is 8.49. The highest BCUT2D eigenvalue weighted by Crippen LogP contribution is 2.13. The van der Waals surface area contributed by atoms with Crippen molar-refractivity contribution in [2.24, 2.45) is 0 Å². The molecule has 0 aromatic carbocycles. The van der Waals surface area contributed by atoms with Crippen LogP contribution in [0.3, 0.4) is 0 Å². The summed E-state index contributed by atoms with van der Waals surface area (Å²) in [6.07, 6.45) is 1.46. The third kappa shape index (κ3) is 1.84. The number of aromatic nitrogens is 2. The van der Waals surface area contributed by atoms with Crippen molar-refractivity contribution in [3.8, 4) is 0 Å². The Morgan fingerprint density at radius 2 is 2.10 bits per heavy atom. The van der Waals surface area contributed by atoms with Gasteiger partial charge in [0.05, 0.1) is 12.0 Å². The molecule has 0 radical (unpaired) electrons. The topological polar surface area (TPSA) is 66.2 Å². The van der Waals surface area contributed by atoms with Gasteiger partial charge in [-0.2, -0.15) is 0 Å². The van der Waals surface area contributed by atoms with Gasteiger partial charge in [-0.1, -0.05) is 0 Å². The molecule has 0 fully saturated rings. The van der Waals surface area contributed by atoms with Gasteiger partial charge in [0.1, 0.15) is 5.03 Å². The normalized spacial score (nSPS) is 9.80. The van der Waals surface area contributed by atoms with Crippen molar-refractivity contribution in [1.29, 1.82) is 0 Å². The van der Waals surface area contributed by atoms with Gasteiger partial charge in [-0.3, -0.25) is 0 Å². The van der Waals surface area contributed by atoms with Crippen molar-refractivity contribution in [2.45, 2.75) is 10.2 Å². The van der Waals surface area contributed by atoms with Crippen LogP contribution in [0.2, 0.25) is 0 Å². The molecule has 0 spiro atoms. The van der Waals surface area contributed by atoms with Gasteiger partial charge < -0.3 is 9.11 Å². The molecular formula is C4H4N2O2S2. The summed E-state index contributed by atoms with van der Waals surface area (Å²) in [6, 6.07) is 1.55. The second kappa shape index (κ2) is 3.77. The predicted octanol–water partition coefficient (Wildman–Crippen LogP) is 1.61. The maximum absolute atomic E-state index is 8.49. The van der Waals surface area contributed by atoms with Gasteiger partial charge in [-0.15, -0.1) is 0 Å². The number of rotatable bonds is 2. The van der Waals surface area contributed by atoms with Crippen LogP contribution in [-0.2, 0) is 0 Å². The lowest BCUT2D eigenvalue weighted by molar-refractivity contribution is 0.644. The fraction of sp³-hybridized carbons (Fsp3) is 0. The van der Waals surface area contributed by atoms with E-state index in [0.717, 1.165) is 0 Å². The molecule has 0 saturated heterocycles. The Hall–Kier alpha value is -0.300. The van der Waals surface area contributed by atoms with E-state index in [-0.39, 0.29) is 5.16 Å². The van der Waals surface area contributed by atoms with Crippen molar-refractivity contribution in [3.05, 3.63) is 12.3 Å². The summed E-state index contributed by atoms with van der Waals surface area (Å²) < 4.78 is 17.0. The zero-order valence-electron chi connectivity index (χ0n) is 4.76. The van der Waals surface area contributed by atoms with Crippen molar-refractivity contribution < 1.29 is 9.11 Å². The lowest BCUT2D eigenvalue weighted by Gasteiger charge is -1.93. The highest BCUT2D eigenvalue weighted by molar-refractivity contribution is 7.94. The van der Waals surface area contributed by atoms with E-state index in [2.05, 4.69) is 9.97 Å². The van der Waals surface area contributed by atoms with Crippen LogP contribution in [0.25, 0.3) is 0 Å². The van der Waals surface area contributed by atoms with Crippen LogP contribution in [-0.4, -0.2) is 19.1 Å². The molecule has 0 aliphatic heterocycles. The summed E-state index contributed by atoms with van der Waals surface area (Å²) in [4.78, 5) is 7.41. The quantitative estimate of drug-likeness (QED) is 0.405. The first-order valence-electron chi connectivity index (χ1n) is 2.32. The summed E-state index contributed by atoms with van der Waals surface area (Å²) in [5.74, 6) is 0. The Kier molecular flexibility index (Phi) is 2.94. The minimum Gasteiger partial charge on any atom is -0.324 e. The Bertz CT molecular complexity index is 201. The van der Waals surface area contributed by atoms with Crippen LogP contribution in [0.1, 0.15) is 0 Å². The van der Waals surface area contributed by atoms with E-state index < -0.39 is 0 Å². The molecule has 2 N–H and O–H groups in total. The summed E-state index contributed by atoms with van der Waals surface area (Å²) in [5, 5.41) is 0.658. The van der Waals surface area contributed by atoms with Gasteiger partial charge in [0.15, 0.2) is 0 Å². The Balaban J connectivity index is 2.87. The predicted molar refractivity (Wildman–Crippen MR) is 39.0 cm³/mol. The van der Waals surface area contributed by atoms with Gasteiger partial charge in [-0.25, -0.2) is 9.97 Å². The summed E-state index contributed by atoms with van der Waals surface area (Å²) in [6.45, 7) is 0. The molecule has 1 aromatic rings. The molecule has 0 atom stereocenters. The van der Waals surface area contributed by atoms with Crippen LogP contribution in [0.4, 0.5) is 0 Å². The standard InChI is InChI=1S/C4H4N2O2S2/c7-9-3-1-2-5-4(6-3)10-8/h1-2,7-8H. The number of nitrogens with zero attached hydrogens (tertiary/aromatic N) is 2. The molecule has 1 rings (SSSR count). The van der Waals surface area contributed by atoms with Gasteiger partial charge in [0.2, 0.25) is 5.16 Å². The van der Waals surface area contributed by atoms with E-state index in [9.17, 15) is 0 Å². The van der Waals surface area contributed by atoms with E-state index in [1.165, 1.54) is 6.20 Å². The van der Waals surface area contributed by atoms with E-state index in [1.54, 1.807) is 6.07 Å². The molecule has 0 saturated carbocycles. The second-order valence-corrected chi connectivity index (χ2v) is 2.51. The minimum absolute atomic E-state index is 0.235. The molecule has 0 aliphatic rings. The molecule has 10 heavy (non-hydrogen) atoms. The lowest BCUT2D eigenvalue weighted by Crippen LogP contribution is -1.85. The van der Waals surface area contributed by atoms with Crippen molar-refractivity contribution in [3.63, 3.8) is 0 Å². The molecule has 54 valence electrons. The van der Waals surface area contributed by atoms with E-state index in [0.29, 0.717) is 29.1 Å².